The Labute approximate surface area is 103 Å². The number of rotatable bonds is 6. The normalized spacial score (nSPS) is 9.94. The second-order valence-corrected chi connectivity index (χ2v) is 3.27. The summed E-state index contributed by atoms with van der Waals surface area (Å²) in [6.07, 6.45) is -0.919. The topological polar surface area (TPSA) is 89.3 Å². The molecule has 0 aliphatic carbocycles. The summed E-state index contributed by atoms with van der Waals surface area (Å²) in [5.41, 5.74) is 4.75. The van der Waals surface area contributed by atoms with Crippen molar-refractivity contribution in [2.24, 2.45) is 5.73 Å². The van der Waals surface area contributed by atoms with E-state index in [-0.39, 0.29) is 24.8 Å². The van der Waals surface area contributed by atoms with Crippen LogP contribution < -0.4 is 16.4 Å². The van der Waals surface area contributed by atoms with Crippen LogP contribution in [0.4, 0.5) is 25.2 Å². The molecule has 1 aromatic rings. The van der Waals surface area contributed by atoms with Crippen molar-refractivity contribution in [2.45, 2.75) is 6.92 Å². The van der Waals surface area contributed by atoms with Crippen LogP contribution >= 0.6 is 0 Å². The summed E-state index contributed by atoms with van der Waals surface area (Å²) in [6.45, 7) is 2.30. The zero-order valence-electron chi connectivity index (χ0n) is 9.80. The second-order valence-electron chi connectivity index (χ2n) is 3.27. The molecular weight excluding hydrogens is 246 g/mol. The van der Waals surface area contributed by atoms with Crippen LogP contribution in [-0.4, -0.2) is 30.8 Å². The Morgan fingerprint density at radius 2 is 2.00 bits per heavy atom. The molecule has 0 fully saturated rings. The molecule has 0 saturated heterocycles. The second kappa shape index (κ2) is 6.58. The lowest BCUT2D eigenvalue weighted by molar-refractivity contribution is 0.161. The number of nitrogens with one attached hydrogen (secondary N) is 2. The first-order valence-corrected chi connectivity index (χ1v) is 5.30. The van der Waals surface area contributed by atoms with Crippen LogP contribution in [0.5, 0.6) is 0 Å². The monoisotopic (exact) mass is 260 g/mol. The lowest BCUT2D eigenvalue weighted by Gasteiger charge is -2.10. The number of nitrogens with zero attached hydrogens (tertiary/aromatic N) is 1. The molecule has 0 radical (unpaired) electrons. The molecule has 0 saturated carbocycles. The maximum absolute atomic E-state index is 13.3. The number of anilines is 2. The lowest BCUT2D eigenvalue weighted by Crippen LogP contribution is -2.19. The average molecular weight is 260 g/mol. The highest BCUT2D eigenvalue weighted by atomic mass is 19.1. The van der Waals surface area contributed by atoms with Crippen LogP contribution in [0.1, 0.15) is 6.92 Å². The Kier molecular flexibility index (Phi) is 5.09. The van der Waals surface area contributed by atoms with E-state index in [1.165, 1.54) is 0 Å². The highest BCUT2D eigenvalue weighted by molar-refractivity contribution is 5.64. The Morgan fingerprint density at radius 1 is 1.39 bits per heavy atom. The van der Waals surface area contributed by atoms with Crippen molar-refractivity contribution in [3.8, 4) is 0 Å². The molecule has 0 aliphatic rings. The van der Waals surface area contributed by atoms with Crippen molar-refractivity contribution >= 4 is 17.7 Å². The van der Waals surface area contributed by atoms with E-state index < -0.39 is 17.7 Å². The van der Waals surface area contributed by atoms with Gasteiger partial charge in [-0.3, -0.25) is 0 Å². The standard InChI is InChI=1S/C10H14F2N4O2/c1-2-14-8-6(11)5-7(12)9(16-8)15-3-4-18-10(13)17/h5H,2-4H2,1H3,(H2,13,17)(H2,14,15,16). The number of nitrogens with two attached hydrogens (primary N) is 1. The molecule has 0 aliphatic heterocycles. The van der Waals surface area contributed by atoms with Crippen molar-refractivity contribution in [1.29, 1.82) is 0 Å². The minimum atomic E-state index is -0.919. The maximum atomic E-state index is 13.3. The van der Waals surface area contributed by atoms with Crippen molar-refractivity contribution in [3.05, 3.63) is 17.7 Å². The van der Waals surface area contributed by atoms with E-state index in [1.54, 1.807) is 6.92 Å². The average Bonchev–Trinajstić information content (AvgIpc) is 2.29. The number of halogens is 2. The highest BCUT2D eigenvalue weighted by Gasteiger charge is 2.10. The smallest absolute Gasteiger partial charge is 0.404 e. The molecule has 1 amide bonds. The van der Waals surface area contributed by atoms with E-state index >= 15 is 0 Å². The zero-order valence-corrected chi connectivity index (χ0v) is 9.80. The number of carbonyl (C=O) groups excluding carboxylic acids is 1. The van der Waals surface area contributed by atoms with Gasteiger partial charge in [0.2, 0.25) is 0 Å². The molecule has 0 bridgehead atoms. The van der Waals surface area contributed by atoms with Crippen LogP contribution in [0, 0.1) is 11.6 Å². The van der Waals surface area contributed by atoms with Crippen molar-refractivity contribution in [3.63, 3.8) is 0 Å². The van der Waals surface area contributed by atoms with E-state index in [2.05, 4.69) is 20.4 Å². The molecule has 18 heavy (non-hydrogen) atoms. The third-order valence-electron chi connectivity index (χ3n) is 1.91. The van der Waals surface area contributed by atoms with Crippen molar-refractivity contribution in [2.75, 3.05) is 30.3 Å². The number of ether oxygens (including phenoxy) is 1. The van der Waals surface area contributed by atoms with Crippen LogP contribution in [0.25, 0.3) is 0 Å². The number of amides is 1. The molecule has 4 N–H and O–H groups in total. The van der Waals surface area contributed by atoms with Crippen molar-refractivity contribution in [1.82, 2.24) is 4.98 Å². The minimum Gasteiger partial charge on any atom is -0.448 e. The summed E-state index contributed by atoms with van der Waals surface area (Å²) in [6, 6.07) is 0.724. The van der Waals surface area contributed by atoms with Crippen LogP contribution in [0.15, 0.2) is 6.07 Å². The summed E-state index contributed by atoms with van der Waals surface area (Å²) in [7, 11) is 0. The van der Waals surface area contributed by atoms with Gasteiger partial charge in [-0.2, -0.15) is 0 Å². The molecule has 0 unspecified atom stereocenters. The Morgan fingerprint density at radius 3 is 2.56 bits per heavy atom. The van der Waals surface area contributed by atoms with Gasteiger partial charge in [0, 0.05) is 12.6 Å². The molecular formula is C10H14F2N4O2. The van der Waals surface area contributed by atoms with E-state index in [0.29, 0.717) is 6.54 Å². The van der Waals surface area contributed by atoms with E-state index in [4.69, 9.17) is 5.73 Å². The van der Waals surface area contributed by atoms with Crippen LogP contribution in [-0.2, 0) is 4.74 Å². The molecule has 1 rings (SSSR count). The lowest BCUT2D eigenvalue weighted by atomic mass is 10.4. The van der Waals surface area contributed by atoms with Gasteiger partial charge in [0.15, 0.2) is 23.3 Å². The summed E-state index contributed by atoms with van der Waals surface area (Å²) in [5.74, 6) is -1.76. The zero-order chi connectivity index (χ0) is 13.5. The van der Waals surface area contributed by atoms with Crippen molar-refractivity contribution < 1.29 is 18.3 Å². The summed E-state index contributed by atoms with van der Waals surface area (Å²) in [5, 5.41) is 5.22. The predicted molar refractivity (Wildman–Crippen MR) is 62.3 cm³/mol. The van der Waals surface area contributed by atoms with Gasteiger partial charge < -0.3 is 21.1 Å². The van der Waals surface area contributed by atoms with E-state index in [9.17, 15) is 13.6 Å². The van der Waals surface area contributed by atoms with Crippen LogP contribution in [0.2, 0.25) is 0 Å². The van der Waals surface area contributed by atoms with Gasteiger partial charge in [-0.05, 0) is 6.92 Å². The molecule has 0 atom stereocenters. The Balaban J connectivity index is 2.64. The van der Waals surface area contributed by atoms with Crippen LogP contribution in [0.3, 0.4) is 0 Å². The van der Waals surface area contributed by atoms with E-state index in [0.717, 1.165) is 6.07 Å². The molecule has 1 heterocycles. The van der Waals surface area contributed by atoms with Gasteiger partial charge in [0.25, 0.3) is 0 Å². The quantitative estimate of drug-likeness (QED) is 0.671. The van der Waals surface area contributed by atoms with E-state index in [1.807, 2.05) is 0 Å². The fourth-order valence-corrected chi connectivity index (χ4v) is 1.20. The Hall–Kier alpha value is -2.12. The third kappa shape index (κ3) is 4.04. The number of aromatic nitrogens is 1. The van der Waals surface area contributed by atoms with Gasteiger partial charge in [-0.25, -0.2) is 18.6 Å². The predicted octanol–water partition coefficient (Wildman–Crippen LogP) is 1.30. The third-order valence-corrected chi connectivity index (χ3v) is 1.91. The Bertz CT molecular complexity index is 429. The minimum absolute atomic E-state index is 0.0373. The van der Waals surface area contributed by atoms with Gasteiger partial charge in [-0.1, -0.05) is 0 Å². The number of carbonyl (C=O) groups is 1. The molecule has 0 spiro atoms. The van der Waals surface area contributed by atoms with Gasteiger partial charge in [0.05, 0.1) is 6.54 Å². The first-order chi connectivity index (χ1) is 8.54. The number of hydrogen-bond acceptors (Lipinski definition) is 5. The first-order valence-electron chi connectivity index (χ1n) is 5.30. The van der Waals surface area contributed by atoms with Gasteiger partial charge in [0.1, 0.15) is 6.61 Å². The molecule has 100 valence electrons. The molecule has 0 aromatic carbocycles. The number of hydrogen-bond donors (Lipinski definition) is 3. The maximum Gasteiger partial charge on any atom is 0.404 e. The molecule has 8 heteroatoms. The summed E-state index contributed by atoms with van der Waals surface area (Å²) in [4.78, 5) is 14.0. The number of pyridine rings is 1. The fourth-order valence-electron chi connectivity index (χ4n) is 1.20. The SMILES string of the molecule is CCNc1nc(NCCOC(N)=O)c(F)cc1F. The summed E-state index contributed by atoms with van der Waals surface area (Å²) < 4.78 is 31.0. The summed E-state index contributed by atoms with van der Waals surface area (Å²) >= 11 is 0. The first kappa shape index (κ1) is 13.9. The molecule has 1 aromatic heterocycles. The largest absolute Gasteiger partial charge is 0.448 e. The highest BCUT2D eigenvalue weighted by Crippen LogP contribution is 2.18. The number of primary amides is 1. The van der Waals surface area contributed by atoms with Gasteiger partial charge in [-0.15, -0.1) is 0 Å². The molecule has 6 nitrogen and oxygen atoms in total. The van der Waals surface area contributed by atoms with Gasteiger partial charge >= 0.3 is 6.09 Å². The fraction of sp³-hybridized carbons (Fsp3) is 0.400.